The molecule has 1 atom stereocenters. The maximum Gasteiger partial charge on any atom is 0.299 e. The van der Waals surface area contributed by atoms with E-state index in [4.69, 9.17) is 0 Å². The van der Waals surface area contributed by atoms with Crippen molar-refractivity contribution >= 4 is 17.1 Å². The summed E-state index contributed by atoms with van der Waals surface area (Å²) in [6.07, 6.45) is 0.893. The number of nitrogens with one attached hydrogen (secondary N) is 1. The second-order valence-corrected chi connectivity index (χ2v) is 4.41. The van der Waals surface area contributed by atoms with Gasteiger partial charge in [-0.15, -0.1) is 0 Å². The predicted octanol–water partition coefficient (Wildman–Crippen LogP) is 1.30. The van der Waals surface area contributed by atoms with Crippen molar-refractivity contribution < 1.29 is 9.85 Å². The average molecular weight is 266 g/mol. The fourth-order valence-electron chi connectivity index (χ4n) is 2.25. The molecule has 0 radical (unpaired) electrons. The van der Waals surface area contributed by atoms with E-state index in [0.717, 1.165) is 12.5 Å². The number of nitro groups is 2. The van der Waals surface area contributed by atoms with Crippen molar-refractivity contribution in [3.05, 3.63) is 38.4 Å². The van der Waals surface area contributed by atoms with Gasteiger partial charge in [-0.2, -0.15) is 0 Å². The summed E-state index contributed by atoms with van der Waals surface area (Å²) in [5, 5.41) is 24.8. The smallest absolute Gasteiger partial charge is 0.299 e. The molecule has 1 fully saturated rings. The van der Waals surface area contributed by atoms with Gasteiger partial charge in [0.2, 0.25) is 0 Å². The van der Waals surface area contributed by atoms with E-state index in [-0.39, 0.29) is 17.4 Å². The lowest BCUT2D eigenvalue weighted by Crippen LogP contribution is -2.29. The number of hydrogen-bond acceptors (Lipinski definition) is 6. The van der Waals surface area contributed by atoms with Gasteiger partial charge in [0.15, 0.2) is 0 Å². The molecule has 0 aromatic heterocycles. The van der Waals surface area contributed by atoms with Gasteiger partial charge in [0.25, 0.3) is 11.4 Å². The molecule has 0 aliphatic carbocycles. The molecule has 0 spiro atoms. The maximum absolute atomic E-state index is 11.0. The molecule has 0 amide bonds. The van der Waals surface area contributed by atoms with E-state index >= 15 is 0 Å². The topological polar surface area (TPSA) is 102 Å². The monoisotopic (exact) mass is 266 g/mol. The highest BCUT2D eigenvalue weighted by molar-refractivity contribution is 5.67. The molecule has 1 aromatic rings. The second kappa shape index (κ2) is 5.19. The minimum absolute atomic E-state index is 0.217. The summed E-state index contributed by atoms with van der Waals surface area (Å²) in [4.78, 5) is 22.4. The van der Waals surface area contributed by atoms with Crippen LogP contribution < -0.4 is 10.2 Å². The van der Waals surface area contributed by atoms with E-state index in [1.54, 1.807) is 0 Å². The van der Waals surface area contributed by atoms with Gasteiger partial charge >= 0.3 is 0 Å². The molecular formula is C11H14N4O4. The van der Waals surface area contributed by atoms with Crippen LogP contribution in [0.25, 0.3) is 0 Å². The molecule has 1 aliphatic heterocycles. The molecule has 2 rings (SSSR count). The first-order valence-corrected chi connectivity index (χ1v) is 5.88. The fraction of sp³-hybridized carbons (Fsp3) is 0.455. The van der Waals surface area contributed by atoms with Gasteiger partial charge in [0, 0.05) is 25.2 Å². The number of nitro benzene ring substituents is 2. The summed E-state index contributed by atoms with van der Waals surface area (Å²) in [6.45, 7) is 1.36. The number of benzene rings is 1. The lowest BCUT2D eigenvalue weighted by molar-refractivity contribution is -0.393. The van der Waals surface area contributed by atoms with Crippen LogP contribution in [0.3, 0.4) is 0 Å². The molecule has 0 saturated carbocycles. The Balaban J connectivity index is 2.35. The zero-order chi connectivity index (χ0) is 14.0. The minimum Gasteiger partial charge on any atom is -0.364 e. The van der Waals surface area contributed by atoms with Crippen LogP contribution in [0.4, 0.5) is 17.1 Å². The van der Waals surface area contributed by atoms with E-state index in [1.807, 2.05) is 11.9 Å². The van der Waals surface area contributed by atoms with E-state index in [9.17, 15) is 20.2 Å². The van der Waals surface area contributed by atoms with E-state index in [2.05, 4.69) is 5.32 Å². The zero-order valence-corrected chi connectivity index (χ0v) is 10.4. The molecule has 8 nitrogen and oxygen atoms in total. The first kappa shape index (κ1) is 13.2. The average Bonchev–Trinajstić information content (AvgIpc) is 2.86. The largest absolute Gasteiger partial charge is 0.364 e. The highest BCUT2D eigenvalue weighted by atomic mass is 16.6. The predicted molar refractivity (Wildman–Crippen MR) is 69.4 cm³/mol. The van der Waals surface area contributed by atoms with Gasteiger partial charge < -0.3 is 10.2 Å². The third-order valence-corrected chi connectivity index (χ3v) is 3.30. The summed E-state index contributed by atoms with van der Waals surface area (Å²) in [6, 6.07) is 4.06. The van der Waals surface area contributed by atoms with Crippen LogP contribution in [-0.4, -0.2) is 36.0 Å². The molecule has 8 heteroatoms. The number of likely N-dealkylation sites (N-methyl/N-ethyl adjacent to an activating group) is 1. The van der Waals surface area contributed by atoms with Crippen molar-refractivity contribution in [2.24, 2.45) is 0 Å². The minimum atomic E-state index is -0.628. The van der Waals surface area contributed by atoms with Gasteiger partial charge in [0.05, 0.1) is 15.9 Å². The molecule has 1 aliphatic rings. The summed E-state index contributed by atoms with van der Waals surface area (Å²) >= 11 is 0. The SMILES string of the molecule is CNC1CCN(c2ccc([N+](=O)[O-])cc2[N+](=O)[O-])C1. The summed E-state index contributed by atoms with van der Waals surface area (Å²) < 4.78 is 0. The van der Waals surface area contributed by atoms with Crippen molar-refractivity contribution in [2.75, 3.05) is 25.0 Å². The normalized spacial score (nSPS) is 18.6. The Hall–Kier alpha value is -2.22. The Morgan fingerprint density at radius 2 is 2.05 bits per heavy atom. The van der Waals surface area contributed by atoms with Crippen molar-refractivity contribution in [2.45, 2.75) is 12.5 Å². The standard InChI is InChI=1S/C11H14N4O4/c1-12-8-4-5-13(7-8)10-3-2-9(14(16)17)6-11(10)15(18)19/h2-3,6,8,12H,4-5,7H2,1H3. The van der Waals surface area contributed by atoms with Crippen molar-refractivity contribution in [3.8, 4) is 0 Å². The number of non-ortho nitro benzene ring substituents is 1. The molecule has 1 saturated heterocycles. The van der Waals surface area contributed by atoms with Crippen molar-refractivity contribution in [3.63, 3.8) is 0 Å². The first-order valence-electron chi connectivity index (χ1n) is 5.88. The van der Waals surface area contributed by atoms with Crippen LogP contribution in [0.15, 0.2) is 18.2 Å². The van der Waals surface area contributed by atoms with Gasteiger partial charge in [0.1, 0.15) is 5.69 Å². The summed E-state index contributed by atoms with van der Waals surface area (Å²) in [7, 11) is 1.85. The molecule has 19 heavy (non-hydrogen) atoms. The number of rotatable bonds is 4. The van der Waals surface area contributed by atoms with E-state index < -0.39 is 9.85 Å². The molecule has 1 aromatic carbocycles. The second-order valence-electron chi connectivity index (χ2n) is 4.41. The first-order chi connectivity index (χ1) is 9.02. The van der Waals surface area contributed by atoms with Gasteiger partial charge in [-0.1, -0.05) is 0 Å². The Bertz CT molecular complexity index is 519. The van der Waals surface area contributed by atoms with Crippen LogP contribution in [-0.2, 0) is 0 Å². The molecule has 1 unspecified atom stereocenters. The zero-order valence-electron chi connectivity index (χ0n) is 10.4. The number of hydrogen-bond donors (Lipinski definition) is 1. The molecule has 1 heterocycles. The van der Waals surface area contributed by atoms with Crippen LogP contribution >= 0.6 is 0 Å². The molecule has 1 N–H and O–H groups in total. The Kier molecular flexibility index (Phi) is 3.61. The molecule has 0 bridgehead atoms. The van der Waals surface area contributed by atoms with E-state index in [1.165, 1.54) is 12.1 Å². The van der Waals surface area contributed by atoms with Gasteiger partial charge in [-0.05, 0) is 19.5 Å². The number of anilines is 1. The third kappa shape index (κ3) is 2.63. The summed E-state index contributed by atoms with van der Waals surface area (Å²) in [5.41, 5.74) is -0.0425. The Labute approximate surface area is 109 Å². The molecular weight excluding hydrogens is 252 g/mol. The van der Waals surface area contributed by atoms with Crippen LogP contribution in [0, 0.1) is 20.2 Å². The highest BCUT2D eigenvalue weighted by Gasteiger charge is 2.28. The summed E-state index contributed by atoms with van der Waals surface area (Å²) in [5.74, 6) is 0. The highest BCUT2D eigenvalue weighted by Crippen LogP contribution is 2.33. The molecule has 102 valence electrons. The Morgan fingerprint density at radius 1 is 1.32 bits per heavy atom. The van der Waals surface area contributed by atoms with Crippen LogP contribution in [0.2, 0.25) is 0 Å². The maximum atomic E-state index is 11.0. The van der Waals surface area contributed by atoms with Crippen molar-refractivity contribution in [1.29, 1.82) is 0 Å². The van der Waals surface area contributed by atoms with Crippen LogP contribution in [0.1, 0.15) is 6.42 Å². The number of nitrogens with zero attached hydrogens (tertiary/aromatic N) is 3. The third-order valence-electron chi connectivity index (χ3n) is 3.30. The van der Waals surface area contributed by atoms with Crippen molar-refractivity contribution in [1.82, 2.24) is 5.32 Å². The van der Waals surface area contributed by atoms with E-state index in [0.29, 0.717) is 18.8 Å². The van der Waals surface area contributed by atoms with Crippen LogP contribution in [0.5, 0.6) is 0 Å². The fourth-order valence-corrected chi connectivity index (χ4v) is 2.25. The lowest BCUT2D eigenvalue weighted by atomic mass is 10.2. The van der Waals surface area contributed by atoms with Gasteiger partial charge in [-0.25, -0.2) is 0 Å². The Morgan fingerprint density at radius 3 is 2.58 bits per heavy atom. The van der Waals surface area contributed by atoms with Gasteiger partial charge in [-0.3, -0.25) is 20.2 Å². The lowest BCUT2D eigenvalue weighted by Gasteiger charge is -2.18. The quantitative estimate of drug-likeness (QED) is 0.651.